The number of carbonyl (C=O) groups is 2. The molecule has 1 aromatic heterocycles. The molecule has 1 aliphatic heterocycles. The highest BCUT2D eigenvalue weighted by molar-refractivity contribution is 5.74. The number of furan rings is 1. The zero-order valence-electron chi connectivity index (χ0n) is 15.5. The van der Waals surface area contributed by atoms with Gasteiger partial charge in [-0.25, -0.2) is 9.18 Å². The minimum atomic E-state index is -0.568. The summed E-state index contributed by atoms with van der Waals surface area (Å²) in [6.45, 7) is 6.28. The molecule has 2 aromatic rings. The van der Waals surface area contributed by atoms with Crippen LogP contribution in [0.1, 0.15) is 37.7 Å². The summed E-state index contributed by atoms with van der Waals surface area (Å²) in [7, 11) is 0. The first kappa shape index (κ1) is 18.9. The summed E-state index contributed by atoms with van der Waals surface area (Å²) >= 11 is 0. The normalized spacial score (nSPS) is 17.0. The van der Waals surface area contributed by atoms with Crippen LogP contribution in [0, 0.1) is 5.82 Å². The van der Waals surface area contributed by atoms with Crippen molar-refractivity contribution in [3.05, 3.63) is 41.9 Å². The molecule has 0 bridgehead atoms. The van der Waals surface area contributed by atoms with Gasteiger partial charge in [-0.2, -0.15) is 0 Å². The Hall–Kier alpha value is -2.83. The SMILES string of the molecule is CC(C)(C)OC(=O)N1CCC(Oc2cccc(F)c2-c2ccc(C=O)o2)C1. The molecular formula is C20H22FNO5. The smallest absolute Gasteiger partial charge is 0.410 e. The second-order valence-electron chi connectivity index (χ2n) is 7.39. The van der Waals surface area contributed by atoms with Gasteiger partial charge >= 0.3 is 6.09 Å². The van der Waals surface area contributed by atoms with Crippen molar-refractivity contribution in [3.8, 4) is 17.1 Å². The van der Waals surface area contributed by atoms with E-state index in [9.17, 15) is 14.0 Å². The molecule has 0 spiro atoms. The molecule has 1 aliphatic rings. The maximum atomic E-state index is 14.4. The molecule has 0 radical (unpaired) electrons. The van der Waals surface area contributed by atoms with Crippen molar-refractivity contribution >= 4 is 12.4 Å². The number of rotatable bonds is 4. The first-order valence-corrected chi connectivity index (χ1v) is 8.75. The fraction of sp³-hybridized carbons (Fsp3) is 0.400. The van der Waals surface area contributed by atoms with Gasteiger partial charge in [-0.1, -0.05) is 6.07 Å². The van der Waals surface area contributed by atoms with E-state index in [1.807, 2.05) is 20.8 Å². The van der Waals surface area contributed by atoms with Crippen molar-refractivity contribution in [1.82, 2.24) is 4.90 Å². The Morgan fingerprint density at radius 1 is 1.30 bits per heavy atom. The molecule has 27 heavy (non-hydrogen) atoms. The molecule has 0 saturated carbocycles. The van der Waals surface area contributed by atoms with Gasteiger partial charge in [0.05, 0.1) is 12.1 Å². The summed E-state index contributed by atoms with van der Waals surface area (Å²) in [5.74, 6) is 0.113. The van der Waals surface area contributed by atoms with Crippen molar-refractivity contribution < 1.29 is 27.9 Å². The second-order valence-corrected chi connectivity index (χ2v) is 7.39. The van der Waals surface area contributed by atoms with E-state index in [1.165, 1.54) is 18.2 Å². The van der Waals surface area contributed by atoms with E-state index < -0.39 is 17.5 Å². The third-order valence-corrected chi connectivity index (χ3v) is 4.06. The molecule has 1 amide bonds. The van der Waals surface area contributed by atoms with Gasteiger partial charge in [-0.05, 0) is 45.0 Å². The third-order valence-electron chi connectivity index (χ3n) is 4.06. The van der Waals surface area contributed by atoms with Crippen molar-refractivity contribution in [2.24, 2.45) is 0 Å². The average Bonchev–Trinajstić information content (AvgIpc) is 3.23. The molecule has 6 nitrogen and oxygen atoms in total. The Balaban J connectivity index is 1.74. The summed E-state index contributed by atoms with van der Waals surface area (Å²) < 4.78 is 31.1. The maximum Gasteiger partial charge on any atom is 0.410 e. The molecule has 1 unspecified atom stereocenters. The standard InChI is InChI=1S/C20H22FNO5/c1-20(2,3)27-19(24)22-10-9-13(11-22)25-16-6-4-5-15(21)18(16)17-8-7-14(12-23)26-17/h4-8,12-13H,9-11H2,1-3H3. The molecule has 1 atom stereocenters. The van der Waals surface area contributed by atoms with Crippen LogP contribution in [-0.2, 0) is 4.74 Å². The maximum absolute atomic E-state index is 14.4. The number of likely N-dealkylation sites (tertiary alicyclic amines) is 1. The summed E-state index contributed by atoms with van der Waals surface area (Å²) in [5, 5.41) is 0. The lowest BCUT2D eigenvalue weighted by molar-refractivity contribution is 0.0275. The van der Waals surface area contributed by atoms with E-state index in [-0.39, 0.29) is 23.2 Å². The molecule has 0 N–H and O–H groups in total. The van der Waals surface area contributed by atoms with Crippen LogP contribution in [0.4, 0.5) is 9.18 Å². The van der Waals surface area contributed by atoms with Crippen LogP contribution in [0.5, 0.6) is 5.75 Å². The van der Waals surface area contributed by atoms with E-state index >= 15 is 0 Å². The van der Waals surface area contributed by atoms with E-state index in [1.54, 1.807) is 17.0 Å². The number of amides is 1. The Kier molecular flexibility index (Phi) is 5.21. The number of hydrogen-bond donors (Lipinski definition) is 0. The third kappa shape index (κ3) is 4.48. The van der Waals surface area contributed by atoms with E-state index in [2.05, 4.69) is 0 Å². The lowest BCUT2D eigenvalue weighted by atomic mass is 10.1. The van der Waals surface area contributed by atoms with Crippen molar-refractivity contribution in [3.63, 3.8) is 0 Å². The van der Waals surface area contributed by atoms with Crippen molar-refractivity contribution in [1.29, 1.82) is 0 Å². The Labute approximate surface area is 156 Å². The first-order valence-electron chi connectivity index (χ1n) is 8.75. The molecule has 0 aliphatic carbocycles. The number of nitrogens with zero attached hydrogens (tertiary/aromatic N) is 1. The van der Waals surface area contributed by atoms with Gasteiger partial charge in [-0.15, -0.1) is 0 Å². The summed E-state index contributed by atoms with van der Waals surface area (Å²) in [5.41, 5.74) is -0.414. The van der Waals surface area contributed by atoms with Gasteiger partial charge in [0, 0.05) is 13.0 Å². The lowest BCUT2D eigenvalue weighted by Gasteiger charge is -2.24. The summed E-state index contributed by atoms with van der Waals surface area (Å²) in [6.07, 6.45) is 0.473. The van der Waals surface area contributed by atoms with Crippen LogP contribution in [0.3, 0.4) is 0 Å². The Morgan fingerprint density at radius 3 is 2.74 bits per heavy atom. The largest absolute Gasteiger partial charge is 0.488 e. The zero-order chi connectivity index (χ0) is 19.6. The lowest BCUT2D eigenvalue weighted by Crippen LogP contribution is -2.36. The fourth-order valence-electron chi connectivity index (χ4n) is 2.89. The van der Waals surface area contributed by atoms with Crippen LogP contribution >= 0.6 is 0 Å². The van der Waals surface area contributed by atoms with Gasteiger partial charge in [-0.3, -0.25) is 4.79 Å². The van der Waals surface area contributed by atoms with Gasteiger partial charge in [0.2, 0.25) is 0 Å². The number of carbonyl (C=O) groups excluding carboxylic acids is 2. The van der Waals surface area contributed by atoms with E-state index in [4.69, 9.17) is 13.9 Å². The fourth-order valence-corrected chi connectivity index (χ4v) is 2.89. The van der Waals surface area contributed by atoms with Crippen molar-refractivity contribution in [2.45, 2.75) is 38.9 Å². The van der Waals surface area contributed by atoms with Crippen LogP contribution in [0.2, 0.25) is 0 Å². The average molecular weight is 375 g/mol. The van der Waals surface area contributed by atoms with Crippen molar-refractivity contribution in [2.75, 3.05) is 13.1 Å². The Morgan fingerprint density at radius 2 is 2.07 bits per heavy atom. The molecular weight excluding hydrogens is 353 g/mol. The zero-order valence-corrected chi connectivity index (χ0v) is 15.5. The minimum absolute atomic E-state index is 0.108. The number of benzene rings is 1. The molecule has 1 fully saturated rings. The summed E-state index contributed by atoms with van der Waals surface area (Å²) in [4.78, 5) is 24.6. The van der Waals surface area contributed by atoms with Crippen LogP contribution < -0.4 is 4.74 Å². The molecule has 144 valence electrons. The van der Waals surface area contributed by atoms with Crippen LogP contribution in [0.15, 0.2) is 34.7 Å². The van der Waals surface area contributed by atoms with E-state index in [0.29, 0.717) is 31.5 Å². The predicted molar refractivity (Wildman–Crippen MR) is 96.3 cm³/mol. The summed E-state index contributed by atoms with van der Waals surface area (Å²) in [6, 6.07) is 7.47. The molecule has 1 saturated heterocycles. The monoisotopic (exact) mass is 375 g/mol. The number of ether oxygens (including phenoxy) is 2. The molecule has 2 heterocycles. The van der Waals surface area contributed by atoms with Gasteiger partial charge in [0.1, 0.15) is 29.0 Å². The van der Waals surface area contributed by atoms with Crippen LogP contribution in [-0.4, -0.2) is 42.1 Å². The van der Waals surface area contributed by atoms with Gasteiger partial charge in [0.15, 0.2) is 12.0 Å². The van der Waals surface area contributed by atoms with Gasteiger partial charge in [0.25, 0.3) is 0 Å². The van der Waals surface area contributed by atoms with Gasteiger partial charge < -0.3 is 18.8 Å². The number of aldehydes is 1. The minimum Gasteiger partial charge on any atom is -0.488 e. The highest BCUT2D eigenvalue weighted by Gasteiger charge is 2.31. The second kappa shape index (κ2) is 7.42. The Bertz CT molecular complexity index is 839. The number of hydrogen-bond acceptors (Lipinski definition) is 5. The van der Waals surface area contributed by atoms with E-state index in [0.717, 1.165) is 0 Å². The van der Waals surface area contributed by atoms with Crippen LogP contribution in [0.25, 0.3) is 11.3 Å². The topological polar surface area (TPSA) is 69.0 Å². The molecule has 1 aromatic carbocycles. The molecule has 3 rings (SSSR count). The number of halogens is 1. The first-order chi connectivity index (χ1) is 12.8. The quantitative estimate of drug-likeness (QED) is 0.746. The predicted octanol–water partition coefficient (Wildman–Crippen LogP) is 4.29. The molecule has 7 heteroatoms. The highest BCUT2D eigenvalue weighted by Crippen LogP contribution is 2.35. The highest BCUT2D eigenvalue weighted by atomic mass is 19.1.